The summed E-state index contributed by atoms with van der Waals surface area (Å²) in [6.07, 6.45) is 2.44. The number of carbonyl (C=O) groups excluding carboxylic acids is 2. The smallest absolute Gasteiger partial charge is 0.739 e. The molecular formula is C15H18N3NaO6S2. The van der Waals surface area contributed by atoms with Crippen molar-refractivity contribution in [3.05, 3.63) is 30.0 Å². The molecule has 0 spiro atoms. The van der Waals surface area contributed by atoms with E-state index in [9.17, 15) is 22.6 Å². The molecule has 0 unspecified atom stereocenters. The van der Waals surface area contributed by atoms with Crippen LogP contribution < -0.4 is 44.9 Å². The van der Waals surface area contributed by atoms with Gasteiger partial charge in [-0.2, -0.15) is 0 Å². The predicted octanol–water partition coefficient (Wildman–Crippen LogP) is -2.85. The molecule has 0 radical (unpaired) electrons. The Morgan fingerprint density at radius 1 is 1.26 bits per heavy atom. The van der Waals surface area contributed by atoms with Gasteiger partial charge in [-0.3, -0.25) is 9.59 Å². The molecule has 27 heavy (non-hydrogen) atoms. The first-order chi connectivity index (χ1) is 12.3. The Bertz CT molecular complexity index is 900. The summed E-state index contributed by atoms with van der Waals surface area (Å²) in [6.45, 7) is 0.0720. The molecule has 2 rings (SSSR count). The Kier molecular flexibility index (Phi) is 9.63. The molecule has 3 N–H and O–H groups in total. The number of H-pyrrole nitrogens is 1. The van der Waals surface area contributed by atoms with E-state index in [4.69, 9.17) is 4.74 Å². The maximum absolute atomic E-state index is 11.7. The third-order valence-electron chi connectivity index (χ3n) is 3.47. The molecule has 0 aliphatic rings. The van der Waals surface area contributed by atoms with Crippen LogP contribution in [0.1, 0.15) is 5.56 Å². The summed E-state index contributed by atoms with van der Waals surface area (Å²) in [4.78, 5) is 26.2. The van der Waals surface area contributed by atoms with Gasteiger partial charge in [-0.05, 0) is 41.0 Å². The number of benzene rings is 1. The van der Waals surface area contributed by atoms with E-state index in [0.717, 1.165) is 22.2 Å². The van der Waals surface area contributed by atoms with Gasteiger partial charge in [-0.1, -0.05) is 0 Å². The topological polar surface area (TPSA) is 140 Å². The van der Waals surface area contributed by atoms with Gasteiger partial charge in [0.15, 0.2) is 0 Å². The Morgan fingerprint density at radius 3 is 2.67 bits per heavy atom. The second-order valence-electron chi connectivity index (χ2n) is 5.27. The summed E-state index contributed by atoms with van der Waals surface area (Å²) in [5.41, 5.74) is 1.98. The SMILES string of the molecule is COc1ccc2[nH]cc(CCNC(=O)CNC(=O)CSS(=O)(=O)[O-])c2c1.[Na+]. The van der Waals surface area contributed by atoms with Crippen molar-refractivity contribution in [1.29, 1.82) is 0 Å². The molecule has 1 aromatic heterocycles. The first-order valence-electron chi connectivity index (χ1n) is 7.56. The van der Waals surface area contributed by atoms with Crippen molar-refractivity contribution in [2.45, 2.75) is 6.42 Å². The number of ether oxygens (including phenoxy) is 1. The molecule has 0 fully saturated rings. The fraction of sp³-hybridized carbons (Fsp3) is 0.333. The Hall–Kier alpha value is -1.24. The average Bonchev–Trinajstić information content (AvgIpc) is 2.99. The van der Waals surface area contributed by atoms with Gasteiger partial charge in [-0.15, -0.1) is 0 Å². The summed E-state index contributed by atoms with van der Waals surface area (Å²) in [7, 11) is -2.96. The number of aromatic nitrogens is 1. The van der Waals surface area contributed by atoms with Gasteiger partial charge in [-0.25, -0.2) is 8.42 Å². The van der Waals surface area contributed by atoms with Crippen molar-refractivity contribution in [2.24, 2.45) is 0 Å². The molecule has 2 amide bonds. The normalized spacial score (nSPS) is 10.9. The van der Waals surface area contributed by atoms with E-state index in [2.05, 4.69) is 15.6 Å². The van der Waals surface area contributed by atoms with E-state index in [1.807, 2.05) is 24.4 Å². The van der Waals surface area contributed by atoms with Crippen LogP contribution in [0.5, 0.6) is 5.75 Å². The summed E-state index contributed by atoms with van der Waals surface area (Å²) in [5.74, 6) is -0.918. The number of aromatic amines is 1. The zero-order valence-corrected chi connectivity index (χ0v) is 18.5. The van der Waals surface area contributed by atoms with Crippen molar-refractivity contribution >= 4 is 42.7 Å². The second-order valence-corrected chi connectivity index (χ2v) is 8.55. The number of hydrogen-bond acceptors (Lipinski definition) is 7. The molecule has 0 atom stereocenters. The maximum atomic E-state index is 11.7. The minimum Gasteiger partial charge on any atom is -0.739 e. The van der Waals surface area contributed by atoms with Gasteiger partial charge >= 0.3 is 29.6 Å². The number of carbonyl (C=O) groups is 2. The first-order valence-corrected chi connectivity index (χ1v) is 10.5. The minimum absolute atomic E-state index is 0. The van der Waals surface area contributed by atoms with Gasteiger partial charge in [0, 0.05) is 23.6 Å². The quantitative estimate of drug-likeness (QED) is 0.224. The van der Waals surface area contributed by atoms with E-state index in [-0.39, 0.29) is 46.9 Å². The summed E-state index contributed by atoms with van der Waals surface area (Å²) < 4.78 is 36.4. The van der Waals surface area contributed by atoms with Crippen LogP contribution in [0.3, 0.4) is 0 Å². The Labute approximate surface area is 182 Å². The van der Waals surface area contributed by atoms with Crippen LogP contribution in [0, 0.1) is 0 Å². The summed E-state index contributed by atoms with van der Waals surface area (Å²) in [6, 6.07) is 5.67. The van der Waals surface area contributed by atoms with Crippen molar-refractivity contribution < 1.29 is 56.9 Å². The first kappa shape index (κ1) is 23.8. The molecule has 1 aromatic carbocycles. The molecular weight excluding hydrogens is 405 g/mol. The van der Waals surface area contributed by atoms with Crippen molar-refractivity contribution in [3.63, 3.8) is 0 Å². The van der Waals surface area contributed by atoms with Crippen LogP contribution in [-0.2, 0) is 25.2 Å². The fourth-order valence-corrected chi connectivity index (χ4v) is 3.35. The second kappa shape index (κ2) is 10.9. The minimum atomic E-state index is -4.53. The standard InChI is InChI=1S/C15H19N3O6S2.Na/c1-24-11-2-3-13-12(6-11)10(7-17-13)4-5-16-14(19)8-18-15(20)9-25-26(21,22)23;/h2-3,6-7,17H,4-5,8-9H2,1H3,(H,16,19)(H,18,20)(H,21,22,23);/q;+1/p-1. The van der Waals surface area contributed by atoms with Crippen molar-refractivity contribution in [3.8, 4) is 5.75 Å². The molecule has 12 heteroatoms. The molecule has 0 aliphatic carbocycles. The van der Waals surface area contributed by atoms with Gasteiger partial charge in [0.25, 0.3) is 0 Å². The van der Waals surface area contributed by atoms with Crippen LogP contribution >= 0.6 is 10.8 Å². The number of methoxy groups -OCH3 is 1. The largest absolute Gasteiger partial charge is 1.00 e. The zero-order valence-electron chi connectivity index (χ0n) is 14.9. The third kappa shape index (κ3) is 8.11. The maximum Gasteiger partial charge on any atom is 1.00 e. The molecule has 0 aliphatic heterocycles. The predicted molar refractivity (Wildman–Crippen MR) is 96.7 cm³/mol. The van der Waals surface area contributed by atoms with E-state index in [0.29, 0.717) is 13.0 Å². The van der Waals surface area contributed by atoms with Crippen LogP contribution in [-0.4, -0.2) is 55.7 Å². The zero-order chi connectivity index (χ0) is 19.2. The third-order valence-corrected chi connectivity index (χ3v) is 5.36. The molecule has 9 nitrogen and oxygen atoms in total. The van der Waals surface area contributed by atoms with Gasteiger partial charge in [0.2, 0.25) is 11.8 Å². The number of amides is 2. The van der Waals surface area contributed by atoms with Crippen LogP contribution in [0.15, 0.2) is 24.4 Å². The number of nitrogens with one attached hydrogen (secondary N) is 3. The molecule has 2 aromatic rings. The summed E-state index contributed by atoms with van der Waals surface area (Å²) >= 11 is 0. The van der Waals surface area contributed by atoms with E-state index in [1.54, 1.807) is 7.11 Å². The van der Waals surface area contributed by atoms with Crippen molar-refractivity contribution in [1.82, 2.24) is 15.6 Å². The fourth-order valence-electron chi connectivity index (χ4n) is 2.25. The molecule has 0 bridgehead atoms. The number of rotatable bonds is 9. The molecule has 142 valence electrons. The Balaban J connectivity index is 0.00000364. The number of hydrogen-bond donors (Lipinski definition) is 3. The van der Waals surface area contributed by atoms with Crippen LogP contribution in [0.2, 0.25) is 0 Å². The average molecular weight is 423 g/mol. The van der Waals surface area contributed by atoms with Gasteiger partial charge in [0.05, 0.1) is 19.4 Å². The van der Waals surface area contributed by atoms with E-state index in [1.165, 1.54) is 0 Å². The summed E-state index contributed by atoms with van der Waals surface area (Å²) in [5, 5.41) is 5.90. The molecule has 0 saturated carbocycles. The monoisotopic (exact) mass is 423 g/mol. The van der Waals surface area contributed by atoms with Crippen molar-refractivity contribution in [2.75, 3.05) is 26.0 Å². The number of fused-ring (bicyclic) bond motifs is 1. The van der Waals surface area contributed by atoms with Gasteiger partial charge in [0.1, 0.15) is 14.9 Å². The van der Waals surface area contributed by atoms with E-state index < -0.39 is 26.7 Å². The van der Waals surface area contributed by atoms with E-state index >= 15 is 0 Å². The molecule has 1 heterocycles. The molecule has 0 saturated heterocycles. The van der Waals surface area contributed by atoms with Crippen LogP contribution in [0.25, 0.3) is 10.9 Å². The van der Waals surface area contributed by atoms with Gasteiger partial charge < -0.3 is 24.9 Å². The Morgan fingerprint density at radius 2 is 2.00 bits per heavy atom. The van der Waals surface area contributed by atoms with Crippen LogP contribution in [0.4, 0.5) is 0 Å².